The molecule has 2 aromatic rings. The highest BCUT2D eigenvalue weighted by molar-refractivity contribution is 5.78. The lowest BCUT2D eigenvalue weighted by molar-refractivity contribution is 0.453. The van der Waals surface area contributed by atoms with E-state index >= 15 is 0 Å². The molecular weight excluding hydrogens is 178 g/mol. The van der Waals surface area contributed by atoms with Gasteiger partial charge in [0, 0.05) is 12.1 Å². The number of hydrogen-bond acceptors (Lipinski definition) is 4. The summed E-state index contributed by atoms with van der Waals surface area (Å²) >= 11 is 0. The number of fused-ring (bicyclic) bond motifs is 1. The van der Waals surface area contributed by atoms with Crippen LogP contribution in [0.2, 0.25) is 0 Å². The smallest absolute Gasteiger partial charge is 0.241 e. The highest BCUT2D eigenvalue weighted by atomic mass is 16.3. The third kappa shape index (κ3) is 1.39. The monoisotopic (exact) mass is 189 g/mol. The maximum absolute atomic E-state index is 9.59. The van der Waals surface area contributed by atoms with Crippen LogP contribution in [0, 0.1) is 0 Å². The Balaban J connectivity index is 2.72. The topological polar surface area (TPSA) is 58.9 Å². The Labute approximate surface area is 81.7 Å². The molecular formula is C10H11N3O. The van der Waals surface area contributed by atoms with Crippen molar-refractivity contribution in [1.29, 1.82) is 0 Å². The summed E-state index contributed by atoms with van der Waals surface area (Å²) in [6.07, 6.45) is 1.61. The van der Waals surface area contributed by atoms with Gasteiger partial charge < -0.3 is 5.11 Å². The van der Waals surface area contributed by atoms with Crippen LogP contribution in [-0.4, -0.2) is 20.1 Å². The summed E-state index contributed by atoms with van der Waals surface area (Å²) in [4.78, 5) is 12.3. The van der Waals surface area contributed by atoms with Crippen LogP contribution in [0.5, 0.6) is 5.88 Å². The van der Waals surface area contributed by atoms with E-state index in [-0.39, 0.29) is 11.8 Å². The minimum absolute atomic E-state index is 0.0423. The summed E-state index contributed by atoms with van der Waals surface area (Å²) in [6, 6.07) is 3.61. The molecule has 72 valence electrons. The van der Waals surface area contributed by atoms with E-state index in [2.05, 4.69) is 15.0 Å². The van der Waals surface area contributed by atoms with E-state index < -0.39 is 0 Å². The third-order valence-electron chi connectivity index (χ3n) is 1.97. The van der Waals surface area contributed by atoms with Gasteiger partial charge in [0.25, 0.3) is 0 Å². The van der Waals surface area contributed by atoms with E-state index in [4.69, 9.17) is 0 Å². The lowest BCUT2D eigenvalue weighted by Crippen LogP contribution is -1.98. The van der Waals surface area contributed by atoms with Crippen molar-refractivity contribution in [1.82, 2.24) is 15.0 Å². The standard InChI is InChI=1S/C10H11N3O/c1-6(2)9-12-7-4-3-5-11-8(7)10(14)13-9/h3-6H,1-2H3,(H,12,13,14). The van der Waals surface area contributed by atoms with Crippen LogP contribution in [0.3, 0.4) is 0 Å². The van der Waals surface area contributed by atoms with Crippen molar-refractivity contribution in [3.05, 3.63) is 24.2 Å². The maximum atomic E-state index is 9.59. The van der Waals surface area contributed by atoms with Gasteiger partial charge in [0.1, 0.15) is 5.82 Å². The van der Waals surface area contributed by atoms with Gasteiger partial charge in [-0.3, -0.25) is 0 Å². The molecule has 0 saturated heterocycles. The predicted molar refractivity (Wildman–Crippen MR) is 53.1 cm³/mol. The fraction of sp³-hybridized carbons (Fsp3) is 0.300. The Morgan fingerprint density at radius 2 is 2.07 bits per heavy atom. The average molecular weight is 189 g/mol. The van der Waals surface area contributed by atoms with E-state index in [1.807, 2.05) is 19.9 Å². The van der Waals surface area contributed by atoms with Crippen LogP contribution in [-0.2, 0) is 0 Å². The largest absolute Gasteiger partial charge is 0.492 e. The quantitative estimate of drug-likeness (QED) is 0.743. The Morgan fingerprint density at radius 1 is 1.29 bits per heavy atom. The van der Waals surface area contributed by atoms with Gasteiger partial charge in [-0.15, -0.1) is 0 Å². The minimum Gasteiger partial charge on any atom is -0.492 e. The van der Waals surface area contributed by atoms with Gasteiger partial charge in [-0.25, -0.2) is 9.97 Å². The number of pyridine rings is 1. The molecule has 4 heteroatoms. The van der Waals surface area contributed by atoms with Crippen molar-refractivity contribution in [3.8, 4) is 5.88 Å². The van der Waals surface area contributed by atoms with Crippen molar-refractivity contribution < 1.29 is 5.11 Å². The first-order valence-corrected chi connectivity index (χ1v) is 4.50. The van der Waals surface area contributed by atoms with Gasteiger partial charge in [0.15, 0.2) is 5.52 Å². The third-order valence-corrected chi connectivity index (χ3v) is 1.97. The van der Waals surface area contributed by atoms with Crippen molar-refractivity contribution in [2.45, 2.75) is 19.8 Å². The van der Waals surface area contributed by atoms with Crippen molar-refractivity contribution in [2.75, 3.05) is 0 Å². The highest BCUT2D eigenvalue weighted by Crippen LogP contribution is 2.20. The van der Waals surface area contributed by atoms with Crippen molar-refractivity contribution in [3.63, 3.8) is 0 Å². The Bertz CT molecular complexity index is 468. The van der Waals surface area contributed by atoms with Gasteiger partial charge in [0.05, 0.1) is 5.52 Å². The molecule has 0 bridgehead atoms. The zero-order valence-electron chi connectivity index (χ0n) is 8.10. The minimum atomic E-state index is -0.0423. The zero-order valence-corrected chi connectivity index (χ0v) is 8.10. The van der Waals surface area contributed by atoms with E-state index in [0.29, 0.717) is 16.9 Å². The molecule has 2 heterocycles. The van der Waals surface area contributed by atoms with Gasteiger partial charge in [-0.1, -0.05) is 13.8 Å². The van der Waals surface area contributed by atoms with Crippen LogP contribution < -0.4 is 0 Å². The molecule has 1 N–H and O–H groups in total. The molecule has 2 rings (SSSR count). The van der Waals surface area contributed by atoms with Gasteiger partial charge in [-0.2, -0.15) is 4.98 Å². The Hall–Kier alpha value is -1.71. The molecule has 14 heavy (non-hydrogen) atoms. The molecule has 0 spiro atoms. The molecule has 0 aliphatic rings. The summed E-state index contributed by atoms with van der Waals surface area (Å²) in [7, 11) is 0. The van der Waals surface area contributed by atoms with Gasteiger partial charge in [0.2, 0.25) is 5.88 Å². The SMILES string of the molecule is CC(C)c1nc(O)c2ncccc2n1. The molecule has 2 aromatic heterocycles. The fourth-order valence-corrected chi connectivity index (χ4v) is 1.23. The number of nitrogens with zero attached hydrogens (tertiary/aromatic N) is 3. The summed E-state index contributed by atoms with van der Waals surface area (Å²) < 4.78 is 0. The normalized spacial score (nSPS) is 11.1. The summed E-state index contributed by atoms with van der Waals surface area (Å²) in [5.41, 5.74) is 1.14. The second kappa shape index (κ2) is 3.21. The number of hydrogen-bond donors (Lipinski definition) is 1. The molecule has 0 fully saturated rings. The molecule has 0 unspecified atom stereocenters. The molecule has 0 aliphatic heterocycles. The molecule has 4 nitrogen and oxygen atoms in total. The van der Waals surface area contributed by atoms with Crippen LogP contribution in [0.1, 0.15) is 25.6 Å². The maximum Gasteiger partial charge on any atom is 0.241 e. The number of aromatic hydroxyl groups is 1. The van der Waals surface area contributed by atoms with Crippen LogP contribution >= 0.6 is 0 Å². The summed E-state index contributed by atoms with van der Waals surface area (Å²) in [5, 5.41) is 9.59. The zero-order chi connectivity index (χ0) is 10.1. The predicted octanol–water partition coefficient (Wildman–Crippen LogP) is 1.85. The van der Waals surface area contributed by atoms with Crippen LogP contribution in [0.4, 0.5) is 0 Å². The number of aromatic nitrogens is 3. The average Bonchev–Trinajstić information content (AvgIpc) is 2.17. The van der Waals surface area contributed by atoms with E-state index in [0.717, 1.165) is 0 Å². The molecule has 0 aromatic carbocycles. The second-order valence-corrected chi connectivity index (χ2v) is 3.43. The summed E-state index contributed by atoms with van der Waals surface area (Å²) in [6.45, 7) is 3.97. The molecule has 0 radical (unpaired) electrons. The highest BCUT2D eigenvalue weighted by Gasteiger charge is 2.09. The number of rotatable bonds is 1. The molecule has 0 saturated carbocycles. The first-order valence-electron chi connectivity index (χ1n) is 4.50. The molecule has 0 aliphatic carbocycles. The van der Waals surface area contributed by atoms with E-state index in [1.54, 1.807) is 12.3 Å². The first kappa shape index (κ1) is 8.87. The fourth-order valence-electron chi connectivity index (χ4n) is 1.23. The van der Waals surface area contributed by atoms with Crippen LogP contribution in [0.25, 0.3) is 11.0 Å². The van der Waals surface area contributed by atoms with Crippen molar-refractivity contribution in [2.24, 2.45) is 0 Å². The Morgan fingerprint density at radius 3 is 2.79 bits per heavy atom. The summed E-state index contributed by atoms with van der Waals surface area (Å²) in [5.74, 6) is 0.799. The van der Waals surface area contributed by atoms with Crippen molar-refractivity contribution >= 4 is 11.0 Å². The molecule has 0 amide bonds. The van der Waals surface area contributed by atoms with Gasteiger partial charge >= 0.3 is 0 Å². The van der Waals surface area contributed by atoms with E-state index in [9.17, 15) is 5.11 Å². The van der Waals surface area contributed by atoms with Crippen LogP contribution in [0.15, 0.2) is 18.3 Å². The lowest BCUT2D eigenvalue weighted by Gasteiger charge is -2.05. The second-order valence-electron chi connectivity index (χ2n) is 3.43. The first-order chi connectivity index (χ1) is 6.68. The van der Waals surface area contributed by atoms with Gasteiger partial charge in [-0.05, 0) is 12.1 Å². The Kier molecular flexibility index (Phi) is 2.04. The lowest BCUT2D eigenvalue weighted by atomic mass is 10.2. The molecule has 0 atom stereocenters. The van der Waals surface area contributed by atoms with E-state index in [1.165, 1.54) is 0 Å².